The molecule has 0 fully saturated rings. The minimum Gasteiger partial charge on any atom is -0.370 e. The van der Waals surface area contributed by atoms with Crippen LogP contribution in [0.4, 0.5) is 0 Å². The van der Waals surface area contributed by atoms with E-state index in [9.17, 15) is 4.79 Å². The maximum Gasteiger partial charge on any atom is 0.217 e. The molecular weight excluding hydrogens is 186 g/mol. The van der Waals surface area contributed by atoms with Crippen LogP contribution in [0.5, 0.6) is 0 Å². The van der Waals surface area contributed by atoms with Crippen molar-refractivity contribution in [3.63, 3.8) is 0 Å². The Hall–Kier alpha value is -1.57. The molecule has 1 aromatic rings. The number of primary amides is 1. The van der Waals surface area contributed by atoms with Crippen LogP contribution in [0.25, 0.3) is 0 Å². The van der Waals surface area contributed by atoms with Crippen molar-refractivity contribution < 1.29 is 4.79 Å². The van der Waals surface area contributed by atoms with Crippen molar-refractivity contribution in [3.05, 3.63) is 48.0 Å². The predicted octanol–water partition coefficient (Wildman–Crippen LogP) is 2.44. The van der Waals surface area contributed by atoms with Gasteiger partial charge in [0.2, 0.25) is 5.91 Å². The van der Waals surface area contributed by atoms with Crippen molar-refractivity contribution >= 4 is 5.91 Å². The summed E-state index contributed by atoms with van der Waals surface area (Å²) in [5.74, 6) is -0.234. The molecule has 0 unspecified atom stereocenters. The smallest absolute Gasteiger partial charge is 0.217 e. The van der Waals surface area contributed by atoms with E-state index in [4.69, 9.17) is 5.73 Å². The van der Waals surface area contributed by atoms with Gasteiger partial charge in [-0.25, -0.2) is 0 Å². The summed E-state index contributed by atoms with van der Waals surface area (Å²) in [4.78, 5) is 10.4. The van der Waals surface area contributed by atoms with Crippen LogP contribution in [0.1, 0.15) is 24.8 Å². The summed E-state index contributed by atoms with van der Waals surface area (Å²) in [5, 5.41) is 0. The number of hydrogen-bond acceptors (Lipinski definition) is 1. The molecule has 0 bridgehead atoms. The molecule has 0 saturated heterocycles. The lowest BCUT2D eigenvalue weighted by atomic mass is 10.1. The summed E-state index contributed by atoms with van der Waals surface area (Å²) in [6, 6.07) is 10.4. The van der Waals surface area contributed by atoms with Crippen LogP contribution in [0.15, 0.2) is 42.5 Å². The first-order chi connectivity index (χ1) is 7.29. The lowest BCUT2D eigenvalue weighted by Gasteiger charge is -1.96. The standard InChI is InChI=1S/C13H17NO/c14-13(15)11-7-2-1-4-8-12-9-5-3-6-10-12/h1-3,5-6,9-10H,4,7-8,11H2,(H2,14,15). The van der Waals surface area contributed by atoms with E-state index in [2.05, 4.69) is 18.2 Å². The van der Waals surface area contributed by atoms with Gasteiger partial charge in [-0.2, -0.15) is 0 Å². The minimum atomic E-state index is -0.234. The van der Waals surface area contributed by atoms with E-state index in [0.29, 0.717) is 6.42 Å². The fourth-order valence-corrected chi connectivity index (χ4v) is 1.36. The summed E-state index contributed by atoms with van der Waals surface area (Å²) in [7, 11) is 0. The monoisotopic (exact) mass is 203 g/mol. The van der Waals surface area contributed by atoms with E-state index in [1.54, 1.807) is 0 Å². The first-order valence-electron chi connectivity index (χ1n) is 5.26. The zero-order chi connectivity index (χ0) is 10.9. The average Bonchev–Trinajstić information content (AvgIpc) is 2.24. The quantitative estimate of drug-likeness (QED) is 0.709. The van der Waals surface area contributed by atoms with Crippen LogP contribution in [0, 0.1) is 0 Å². The average molecular weight is 203 g/mol. The summed E-state index contributed by atoms with van der Waals surface area (Å²) >= 11 is 0. The lowest BCUT2D eigenvalue weighted by molar-refractivity contribution is -0.117. The van der Waals surface area contributed by atoms with Crippen molar-refractivity contribution in [2.75, 3.05) is 0 Å². The molecule has 0 saturated carbocycles. The van der Waals surface area contributed by atoms with E-state index in [0.717, 1.165) is 19.3 Å². The maximum atomic E-state index is 10.4. The maximum absolute atomic E-state index is 10.4. The molecule has 0 heterocycles. The highest BCUT2D eigenvalue weighted by molar-refractivity contribution is 5.73. The first kappa shape index (κ1) is 11.5. The van der Waals surface area contributed by atoms with E-state index in [1.165, 1.54) is 5.56 Å². The number of carbonyl (C=O) groups is 1. The Kier molecular flexibility index (Phi) is 5.23. The molecule has 2 nitrogen and oxygen atoms in total. The third-order valence-corrected chi connectivity index (χ3v) is 2.17. The topological polar surface area (TPSA) is 43.1 Å². The fraction of sp³-hybridized carbons (Fsp3) is 0.308. The predicted molar refractivity (Wildman–Crippen MR) is 62.3 cm³/mol. The number of hydrogen-bond donors (Lipinski definition) is 1. The second-order valence-electron chi connectivity index (χ2n) is 3.50. The van der Waals surface area contributed by atoms with Gasteiger partial charge in [-0.1, -0.05) is 42.5 Å². The number of nitrogens with two attached hydrogens (primary N) is 1. The molecular formula is C13H17NO. The van der Waals surface area contributed by atoms with Crippen molar-refractivity contribution in [2.24, 2.45) is 5.73 Å². The SMILES string of the molecule is NC(=O)CCC=CCCc1ccccc1. The Balaban J connectivity index is 2.14. The van der Waals surface area contributed by atoms with Gasteiger partial charge in [0.1, 0.15) is 0 Å². The highest BCUT2D eigenvalue weighted by Gasteiger charge is 1.90. The van der Waals surface area contributed by atoms with E-state index in [1.807, 2.05) is 24.3 Å². The van der Waals surface area contributed by atoms with Gasteiger partial charge in [0.05, 0.1) is 0 Å². The Morgan fingerprint density at radius 3 is 2.47 bits per heavy atom. The van der Waals surface area contributed by atoms with Crippen molar-refractivity contribution in [3.8, 4) is 0 Å². The highest BCUT2D eigenvalue weighted by atomic mass is 16.1. The van der Waals surface area contributed by atoms with Gasteiger partial charge in [-0.15, -0.1) is 0 Å². The number of aryl methyl sites for hydroxylation is 1. The highest BCUT2D eigenvalue weighted by Crippen LogP contribution is 2.03. The van der Waals surface area contributed by atoms with Crippen LogP contribution in [0.2, 0.25) is 0 Å². The molecule has 0 aromatic heterocycles. The third kappa shape index (κ3) is 5.68. The Morgan fingerprint density at radius 1 is 1.13 bits per heavy atom. The van der Waals surface area contributed by atoms with Crippen LogP contribution < -0.4 is 5.73 Å². The van der Waals surface area contributed by atoms with E-state index in [-0.39, 0.29) is 5.91 Å². The van der Waals surface area contributed by atoms with Crippen molar-refractivity contribution in [2.45, 2.75) is 25.7 Å². The normalized spacial score (nSPS) is 10.7. The molecule has 15 heavy (non-hydrogen) atoms. The minimum absolute atomic E-state index is 0.234. The zero-order valence-corrected chi connectivity index (χ0v) is 8.86. The molecule has 1 rings (SSSR count). The van der Waals surface area contributed by atoms with Gasteiger partial charge in [0.15, 0.2) is 0 Å². The van der Waals surface area contributed by atoms with E-state index < -0.39 is 0 Å². The molecule has 0 radical (unpaired) electrons. The summed E-state index contributed by atoms with van der Waals surface area (Å²) < 4.78 is 0. The Morgan fingerprint density at radius 2 is 1.80 bits per heavy atom. The molecule has 80 valence electrons. The van der Waals surface area contributed by atoms with Crippen molar-refractivity contribution in [1.29, 1.82) is 0 Å². The molecule has 1 amide bonds. The summed E-state index contributed by atoms with van der Waals surface area (Å²) in [5.41, 5.74) is 6.37. The number of allylic oxidation sites excluding steroid dienone is 2. The second kappa shape index (κ2) is 6.82. The summed E-state index contributed by atoms with van der Waals surface area (Å²) in [6.45, 7) is 0. The van der Waals surface area contributed by atoms with Crippen molar-refractivity contribution in [1.82, 2.24) is 0 Å². The zero-order valence-electron chi connectivity index (χ0n) is 8.86. The summed E-state index contributed by atoms with van der Waals surface area (Å²) in [6.07, 6.45) is 7.40. The van der Waals surface area contributed by atoms with Crippen LogP contribution in [-0.4, -0.2) is 5.91 Å². The molecule has 0 aliphatic rings. The number of benzene rings is 1. The number of amides is 1. The van der Waals surface area contributed by atoms with Gasteiger partial charge < -0.3 is 5.73 Å². The molecule has 2 N–H and O–H groups in total. The molecule has 0 aliphatic heterocycles. The van der Waals surface area contributed by atoms with Gasteiger partial charge in [0, 0.05) is 6.42 Å². The third-order valence-electron chi connectivity index (χ3n) is 2.17. The van der Waals surface area contributed by atoms with Gasteiger partial charge in [-0.05, 0) is 24.8 Å². The fourth-order valence-electron chi connectivity index (χ4n) is 1.36. The van der Waals surface area contributed by atoms with Crippen LogP contribution >= 0.6 is 0 Å². The largest absolute Gasteiger partial charge is 0.370 e. The van der Waals surface area contributed by atoms with Gasteiger partial charge >= 0.3 is 0 Å². The lowest BCUT2D eigenvalue weighted by Crippen LogP contribution is -2.08. The Bertz CT molecular complexity index is 317. The first-order valence-corrected chi connectivity index (χ1v) is 5.26. The Labute approximate surface area is 90.8 Å². The van der Waals surface area contributed by atoms with Crippen LogP contribution in [0.3, 0.4) is 0 Å². The molecule has 2 heteroatoms. The molecule has 1 aromatic carbocycles. The van der Waals surface area contributed by atoms with Gasteiger partial charge in [-0.3, -0.25) is 4.79 Å². The number of rotatable bonds is 6. The molecule has 0 aliphatic carbocycles. The molecule has 0 spiro atoms. The van der Waals surface area contributed by atoms with E-state index >= 15 is 0 Å². The molecule has 0 atom stereocenters. The second-order valence-corrected chi connectivity index (χ2v) is 3.50. The van der Waals surface area contributed by atoms with Gasteiger partial charge in [0.25, 0.3) is 0 Å². The van der Waals surface area contributed by atoms with Crippen LogP contribution in [-0.2, 0) is 11.2 Å². The number of carbonyl (C=O) groups excluding carboxylic acids is 1.